The fourth-order valence-electron chi connectivity index (χ4n) is 2.56. The van der Waals surface area contributed by atoms with Gasteiger partial charge in [0.05, 0.1) is 0 Å². The van der Waals surface area contributed by atoms with Gasteiger partial charge in [-0.1, -0.05) is 13.8 Å². The number of carbonyl (C=O) groups excluding carboxylic acids is 2. The first kappa shape index (κ1) is 20.3. The molecule has 0 aromatic rings. The highest BCUT2D eigenvalue weighted by Gasteiger charge is 2.23. The van der Waals surface area contributed by atoms with Gasteiger partial charge >= 0.3 is 0 Å². The van der Waals surface area contributed by atoms with Gasteiger partial charge < -0.3 is 20.4 Å². The summed E-state index contributed by atoms with van der Waals surface area (Å²) in [4.78, 5) is 31.6. The minimum atomic E-state index is -0.00616. The Labute approximate surface area is 145 Å². The van der Waals surface area contributed by atoms with Crippen molar-refractivity contribution in [3.05, 3.63) is 0 Å². The Bertz CT molecular complexity index is 440. The third-order valence-corrected chi connectivity index (χ3v) is 4.20. The lowest BCUT2D eigenvalue weighted by atomic mass is 9.93. The van der Waals surface area contributed by atoms with Crippen molar-refractivity contribution in [2.24, 2.45) is 16.8 Å². The summed E-state index contributed by atoms with van der Waals surface area (Å²) in [6.45, 7) is 7.00. The van der Waals surface area contributed by atoms with Gasteiger partial charge in [-0.25, -0.2) is 4.99 Å². The fourth-order valence-corrected chi connectivity index (χ4v) is 2.56. The lowest BCUT2D eigenvalue weighted by Gasteiger charge is -2.34. The van der Waals surface area contributed by atoms with Crippen molar-refractivity contribution in [2.45, 2.75) is 33.1 Å². The van der Waals surface area contributed by atoms with Crippen LogP contribution in [0.4, 0.5) is 0 Å². The van der Waals surface area contributed by atoms with Crippen molar-refractivity contribution in [3.8, 4) is 0 Å². The van der Waals surface area contributed by atoms with Crippen LogP contribution in [0.15, 0.2) is 4.99 Å². The third kappa shape index (κ3) is 7.19. The third-order valence-electron chi connectivity index (χ3n) is 4.20. The molecule has 0 aliphatic carbocycles. The molecule has 0 saturated carbocycles. The number of rotatable bonds is 6. The van der Waals surface area contributed by atoms with E-state index < -0.39 is 0 Å². The Morgan fingerprint density at radius 3 is 2.38 bits per heavy atom. The lowest BCUT2D eigenvalue weighted by Crippen LogP contribution is -2.47. The number of guanidine groups is 1. The van der Waals surface area contributed by atoms with Gasteiger partial charge in [-0.2, -0.15) is 0 Å². The Balaban J connectivity index is 2.62. The second kappa shape index (κ2) is 10.2. The Kier molecular flexibility index (Phi) is 8.57. The van der Waals surface area contributed by atoms with Gasteiger partial charge in [-0.15, -0.1) is 0 Å². The number of carbonyl (C=O) groups is 2. The van der Waals surface area contributed by atoms with Crippen LogP contribution in [0.3, 0.4) is 0 Å². The number of piperidine rings is 1. The molecule has 2 amide bonds. The largest absolute Gasteiger partial charge is 0.359 e. The van der Waals surface area contributed by atoms with Gasteiger partial charge in [-0.3, -0.25) is 9.59 Å². The van der Waals surface area contributed by atoms with Crippen LogP contribution in [0.25, 0.3) is 0 Å². The average Bonchev–Trinajstić information content (AvgIpc) is 2.55. The second-order valence-corrected chi connectivity index (χ2v) is 7.01. The van der Waals surface area contributed by atoms with Crippen LogP contribution in [-0.2, 0) is 9.59 Å². The van der Waals surface area contributed by atoms with Crippen LogP contribution in [0.1, 0.15) is 33.1 Å². The predicted octanol–water partition coefficient (Wildman–Crippen LogP) is 0.524. The maximum Gasteiger partial charge on any atom is 0.243 e. The lowest BCUT2D eigenvalue weighted by molar-refractivity contribution is -0.127. The van der Waals surface area contributed by atoms with Crippen molar-refractivity contribution in [3.63, 3.8) is 0 Å². The summed E-state index contributed by atoms with van der Waals surface area (Å²) >= 11 is 0. The van der Waals surface area contributed by atoms with Crippen molar-refractivity contribution in [1.29, 1.82) is 0 Å². The van der Waals surface area contributed by atoms with Crippen molar-refractivity contribution in [1.82, 2.24) is 20.4 Å². The highest BCUT2D eigenvalue weighted by Crippen LogP contribution is 2.20. The zero-order chi connectivity index (χ0) is 18.1. The number of likely N-dealkylation sites (tertiary alicyclic amines) is 1. The number of hydrogen-bond acceptors (Lipinski definition) is 3. The van der Waals surface area contributed by atoms with E-state index in [0.717, 1.165) is 38.4 Å². The van der Waals surface area contributed by atoms with Gasteiger partial charge in [0.25, 0.3) is 0 Å². The Morgan fingerprint density at radius 2 is 1.88 bits per heavy atom. The highest BCUT2D eigenvalue weighted by atomic mass is 16.2. The monoisotopic (exact) mass is 339 g/mol. The smallest absolute Gasteiger partial charge is 0.243 e. The molecule has 0 spiro atoms. The molecular weight excluding hydrogens is 306 g/mol. The maximum absolute atomic E-state index is 11.8. The summed E-state index contributed by atoms with van der Waals surface area (Å²) in [5.74, 6) is 1.84. The molecule has 2 N–H and O–H groups in total. The Hall–Kier alpha value is -1.79. The van der Waals surface area contributed by atoms with E-state index in [1.165, 1.54) is 0 Å². The molecule has 1 aliphatic rings. The number of nitrogens with zero attached hydrogens (tertiary/aromatic N) is 3. The summed E-state index contributed by atoms with van der Waals surface area (Å²) in [5, 5.41) is 6.07. The average molecular weight is 339 g/mol. The molecule has 1 rings (SSSR count). The van der Waals surface area contributed by atoms with Crippen molar-refractivity contribution >= 4 is 17.8 Å². The predicted molar refractivity (Wildman–Crippen MR) is 96.8 cm³/mol. The van der Waals surface area contributed by atoms with Gasteiger partial charge in [-0.05, 0) is 24.7 Å². The zero-order valence-electron chi connectivity index (χ0n) is 15.8. The van der Waals surface area contributed by atoms with E-state index in [2.05, 4.69) is 34.4 Å². The van der Waals surface area contributed by atoms with Crippen LogP contribution in [0, 0.1) is 11.8 Å². The van der Waals surface area contributed by atoms with Crippen LogP contribution in [0.5, 0.6) is 0 Å². The SMILES string of the molecule is CNC(=O)CC1CCN(C(=NCC(=O)N(C)C)NCC(C)C)CC1. The zero-order valence-corrected chi connectivity index (χ0v) is 15.8. The minimum absolute atomic E-state index is 0.00616. The van der Waals surface area contributed by atoms with Crippen molar-refractivity contribution in [2.75, 3.05) is 47.3 Å². The van der Waals surface area contributed by atoms with Crippen LogP contribution in [0.2, 0.25) is 0 Å². The molecule has 0 aromatic carbocycles. The molecule has 1 heterocycles. The molecule has 138 valence electrons. The number of likely N-dealkylation sites (N-methyl/N-ethyl adjacent to an activating group) is 1. The van der Waals surface area contributed by atoms with Gasteiger partial charge in [0.1, 0.15) is 6.54 Å². The summed E-state index contributed by atoms with van der Waals surface area (Å²) in [6.07, 6.45) is 2.53. The highest BCUT2D eigenvalue weighted by molar-refractivity contribution is 5.85. The molecule has 7 heteroatoms. The van der Waals surface area contributed by atoms with Crippen molar-refractivity contribution < 1.29 is 9.59 Å². The normalized spacial score (nSPS) is 16.2. The standard InChI is InChI=1S/C17H33N5O2/c1-13(2)11-19-17(20-12-16(24)21(4)5)22-8-6-14(7-9-22)10-15(23)18-3/h13-14H,6-12H2,1-5H3,(H,18,23)(H,19,20). The van der Waals surface area contributed by atoms with E-state index in [9.17, 15) is 9.59 Å². The van der Waals surface area contributed by atoms with Crippen LogP contribution >= 0.6 is 0 Å². The van der Waals surface area contributed by atoms with Crippen LogP contribution < -0.4 is 10.6 Å². The summed E-state index contributed by atoms with van der Waals surface area (Å²) in [6, 6.07) is 0. The molecule has 0 atom stereocenters. The number of nitrogens with one attached hydrogen (secondary N) is 2. The van der Waals surface area contributed by atoms with E-state index >= 15 is 0 Å². The van der Waals surface area contributed by atoms with E-state index in [0.29, 0.717) is 18.3 Å². The molecule has 1 saturated heterocycles. The molecule has 24 heavy (non-hydrogen) atoms. The molecule has 1 aliphatic heterocycles. The van der Waals surface area contributed by atoms with Gasteiger partial charge in [0.15, 0.2) is 5.96 Å². The quantitative estimate of drug-likeness (QED) is 0.546. The minimum Gasteiger partial charge on any atom is -0.359 e. The molecule has 0 unspecified atom stereocenters. The van der Waals surface area contributed by atoms with Gasteiger partial charge in [0, 0.05) is 47.2 Å². The maximum atomic E-state index is 11.8. The topological polar surface area (TPSA) is 77.0 Å². The Morgan fingerprint density at radius 1 is 1.25 bits per heavy atom. The first-order valence-electron chi connectivity index (χ1n) is 8.77. The molecular formula is C17H33N5O2. The summed E-state index contributed by atoms with van der Waals surface area (Å²) in [7, 11) is 5.16. The number of hydrogen-bond donors (Lipinski definition) is 2. The first-order chi connectivity index (χ1) is 11.3. The van der Waals surface area contributed by atoms with E-state index in [1.54, 1.807) is 26.0 Å². The number of amides is 2. The van der Waals surface area contributed by atoms with Gasteiger partial charge in [0.2, 0.25) is 11.8 Å². The van der Waals surface area contributed by atoms with E-state index in [-0.39, 0.29) is 18.4 Å². The molecule has 0 bridgehead atoms. The molecule has 0 radical (unpaired) electrons. The van der Waals surface area contributed by atoms with E-state index in [4.69, 9.17) is 0 Å². The van der Waals surface area contributed by atoms with E-state index in [1.807, 2.05) is 0 Å². The molecule has 7 nitrogen and oxygen atoms in total. The summed E-state index contributed by atoms with van der Waals surface area (Å²) in [5.41, 5.74) is 0. The molecule has 1 fully saturated rings. The summed E-state index contributed by atoms with van der Waals surface area (Å²) < 4.78 is 0. The molecule has 0 aromatic heterocycles. The van der Waals surface area contributed by atoms with Crippen LogP contribution in [-0.4, -0.2) is 74.9 Å². The second-order valence-electron chi connectivity index (χ2n) is 7.01. The first-order valence-corrected chi connectivity index (χ1v) is 8.77. The fraction of sp³-hybridized carbons (Fsp3) is 0.824. The number of aliphatic imine (C=N–C) groups is 1.